The van der Waals surface area contributed by atoms with Crippen molar-refractivity contribution < 1.29 is 19.1 Å². The molecule has 25 heavy (non-hydrogen) atoms. The van der Waals surface area contributed by atoms with Gasteiger partial charge in [-0.05, 0) is 37.6 Å². The number of esters is 1. The minimum absolute atomic E-state index is 0.0388. The van der Waals surface area contributed by atoms with Crippen molar-refractivity contribution in [1.29, 1.82) is 0 Å². The summed E-state index contributed by atoms with van der Waals surface area (Å²) in [5, 5.41) is 3.00. The van der Waals surface area contributed by atoms with Gasteiger partial charge in [-0.25, -0.2) is 4.79 Å². The van der Waals surface area contributed by atoms with E-state index in [4.69, 9.17) is 4.74 Å². The maximum atomic E-state index is 12.1. The molecule has 1 saturated heterocycles. The Labute approximate surface area is 148 Å². The summed E-state index contributed by atoms with van der Waals surface area (Å²) in [6.45, 7) is 7.40. The van der Waals surface area contributed by atoms with Crippen LogP contribution in [0.15, 0.2) is 30.3 Å². The number of benzene rings is 1. The number of hydrogen-bond donors (Lipinski definition) is 1. The van der Waals surface area contributed by atoms with E-state index >= 15 is 0 Å². The van der Waals surface area contributed by atoms with Gasteiger partial charge in [-0.3, -0.25) is 9.69 Å². The van der Waals surface area contributed by atoms with Crippen molar-refractivity contribution >= 4 is 18.0 Å². The maximum absolute atomic E-state index is 12.1. The highest BCUT2D eigenvalue weighted by molar-refractivity contribution is 5.92. The molecule has 0 bridgehead atoms. The van der Waals surface area contributed by atoms with Gasteiger partial charge >= 0.3 is 5.97 Å². The minimum Gasteiger partial charge on any atom is -0.465 e. The van der Waals surface area contributed by atoms with Crippen molar-refractivity contribution in [3.8, 4) is 0 Å². The monoisotopic (exact) mass is 346 g/mol. The van der Waals surface area contributed by atoms with E-state index in [-0.39, 0.29) is 24.0 Å². The molecule has 1 aliphatic heterocycles. The Morgan fingerprint density at radius 2 is 1.84 bits per heavy atom. The van der Waals surface area contributed by atoms with Crippen LogP contribution in [0, 0.1) is 0 Å². The summed E-state index contributed by atoms with van der Waals surface area (Å²) in [5.74, 6) is -0.510. The van der Waals surface area contributed by atoms with Gasteiger partial charge in [-0.1, -0.05) is 12.1 Å². The molecule has 0 aromatic heterocycles. The lowest BCUT2D eigenvalue weighted by Gasteiger charge is -2.35. The lowest BCUT2D eigenvalue weighted by Crippen LogP contribution is -2.51. The van der Waals surface area contributed by atoms with Crippen LogP contribution < -0.4 is 5.32 Å². The summed E-state index contributed by atoms with van der Waals surface area (Å²) in [6, 6.07) is 7.18. The molecule has 136 valence electrons. The highest BCUT2D eigenvalue weighted by Gasteiger charge is 2.22. The number of carbonyl (C=O) groups excluding carboxylic acids is 2. The fraction of sp³-hybridized carbons (Fsp3) is 0.474. The van der Waals surface area contributed by atoms with Crippen molar-refractivity contribution in [2.45, 2.75) is 25.9 Å². The molecule has 1 fully saturated rings. The van der Waals surface area contributed by atoms with Crippen molar-refractivity contribution in [3.63, 3.8) is 0 Å². The molecule has 0 saturated carbocycles. The molecule has 2 rings (SSSR count). The molecule has 2 atom stereocenters. The molecule has 1 aromatic rings. The van der Waals surface area contributed by atoms with Gasteiger partial charge in [0.05, 0.1) is 25.9 Å². The van der Waals surface area contributed by atoms with Gasteiger partial charge < -0.3 is 14.8 Å². The molecule has 0 spiro atoms. The van der Waals surface area contributed by atoms with E-state index in [9.17, 15) is 9.59 Å². The molecule has 2 unspecified atom stereocenters. The highest BCUT2D eigenvalue weighted by Crippen LogP contribution is 2.09. The Morgan fingerprint density at radius 3 is 2.44 bits per heavy atom. The summed E-state index contributed by atoms with van der Waals surface area (Å²) < 4.78 is 10.0. The number of ether oxygens (including phenoxy) is 2. The van der Waals surface area contributed by atoms with Crippen LogP contribution in [0.2, 0.25) is 0 Å². The molecule has 1 amide bonds. The van der Waals surface area contributed by atoms with Crippen molar-refractivity contribution in [3.05, 3.63) is 41.5 Å². The summed E-state index contributed by atoms with van der Waals surface area (Å²) in [4.78, 5) is 25.8. The van der Waals surface area contributed by atoms with Crippen LogP contribution in [0.5, 0.6) is 0 Å². The Balaban J connectivity index is 1.86. The fourth-order valence-electron chi connectivity index (χ4n) is 2.71. The van der Waals surface area contributed by atoms with Crippen LogP contribution in [0.4, 0.5) is 0 Å². The van der Waals surface area contributed by atoms with E-state index in [1.54, 1.807) is 30.3 Å². The minimum atomic E-state index is -0.376. The molecule has 1 aromatic carbocycles. The average Bonchev–Trinajstić information content (AvgIpc) is 2.66. The SMILES string of the molecule is COC(=O)c1ccc(/C=C/C(=O)NC(C)C(C)N2CCOCC2)cc1. The second-order valence-electron chi connectivity index (χ2n) is 6.13. The Kier molecular flexibility index (Phi) is 7.16. The first-order valence-electron chi connectivity index (χ1n) is 8.50. The first-order chi connectivity index (χ1) is 12.0. The number of rotatable bonds is 6. The van der Waals surface area contributed by atoms with Crippen LogP contribution >= 0.6 is 0 Å². The molecule has 1 N–H and O–H groups in total. The first kappa shape index (κ1) is 19.1. The van der Waals surface area contributed by atoms with Crippen molar-refractivity contribution in [1.82, 2.24) is 10.2 Å². The van der Waals surface area contributed by atoms with Gasteiger partial charge in [0.1, 0.15) is 0 Å². The molecule has 1 heterocycles. The summed E-state index contributed by atoms with van der Waals surface area (Å²) >= 11 is 0. The number of carbonyl (C=O) groups is 2. The Morgan fingerprint density at radius 1 is 1.20 bits per heavy atom. The number of hydrogen-bond acceptors (Lipinski definition) is 5. The van der Waals surface area contributed by atoms with E-state index in [1.165, 1.54) is 13.2 Å². The zero-order valence-electron chi connectivity index (χ0n) is 15.0. The molecular weight excluding hydrogens is 320 g/mol. The molecule has 6 heteroatoms. The van der Waals surface area contributed by atoms with E-state index < -0.39 is 0 Å². The zero-order chi connectivity index (χ0) is 18.2. The third kappa shape index (κ3) is 5.69. The van der Waals surface area contributed by atoms with E-state index in [0.717, 1.165) is 31.9 Å². The standard InChI is InChI=1S/C19H26N2O4/c1-14(15(2)21-10-12-25-13-11-21)20-18(22)9-6-16-4-7-17(8-5-16)19(23)24-3/h4-9,14-15H,10-13H2,1-3H3,(H,20,22)/b9-6+. The molecular formula is C19H26N2O4. The van der Waals surface area contributed by atoms with Crippen molar-refractivity contribution in [2.24, 2.45) is 0 Å². The lowest BCUT2D eigenvalue weighted by molar-refractivity contribution is -0.117. The van der Waals surface area contributed by atoms with Gasteiger partial charge in [0.25, 0.3) is 0 Å². The molecule has 0 aliphatic carbocycles. The van der Waals surface area contributed by atoms with Crippen LogP contribution in [0.25, 0.3) is 6.08 Å². The quantitative estimate of drug-likeness (QED) is 0.627. The van der Waals surface area contributed by atoms with E-state index in [0.29, 0.717) is 5.56 Å². The summed E-state index contributed by atoms with van der Waals surface area (Å²) in [6.07, 6.45) is 3.23. The Bertz CT molecular complexity index is 606. The highest BCUT2D eigenvalue weighted by atomic mass is 16.5. The molecule has 6 nitrogen and oxygen atoms in total. The van der Waals surface area contributed by atoms with E-state index in [2.05, 4.69) is 21.9 Å². The zero-order valence-corrected chi connectivity index (χ0v) is 15.0. The van der Waals surface area contributed by atoms with Crippen LogP contribution in [-0.4, -0.2) is 62.3 Å². The Hall–Kier alpha value is -2.18. The van der Waals surface area contributed by atoms with Gasteiger partial charge in [0, 0.05) is 31.2 Å². The van der Waals surface area contributed by atoms with Gasteiger partial charge in [-0.15, -0.1) is 0 Å². The summed E-state index contributed by atoms with van der Waals surface area (Å²) in [5.41, 5.74) is 1.33. The lowest BCUT2D eigenvalue weighted by atomic mass is 10.1. The van der Waals surface area contributed by atoms with Crippen LogP contribution in [0.1, 0.15) is 29.8 Å². The predicted molar refractivity (Wildman–Crippen MR) is 96.3 cm³/mol. The van der Waals surface area contributed by atoms with Crippen molar-refractivity contribution in [2.75, 3.05) is 33.4 Å². The number of nitrogens with one attached hydrogen (secondary N) is 1. The largest absolute Gasteiger partial charge is 0.465 e. The number of morpholine rings is 1. The fourth-order valence-corrected chi connectivity index (χ4v) is 2.71. The normalized spacial score (nSPS) is 17.9. The second kappa shape index (κ2) is 9.34. The smallest absolute Gasteiger partial charge is 0.337 e. The van der Waals surface area contributed by atoms with Gasteiger partial charge in [0.2, 0.25) is 5.91 Å². The average molecular weight is 346 g/mol. The van der Waals surface area contributed by atoms with Gasteiger partial charge in [-0.2, -0.15) is 0 Å². The first-order valence-corrected chi connectivity index (χ1v) is 8.50. The predicted octanol–water partition coefficient (Wildman–Crippen LogP) is 1.71. The topological polar surface area (TPSA) is 67.9 Å². The van der Waals surface area contributed by atoms with E-state index in [1.807, 2.05) is 6.92 Å². The third-order valence-electron chi connectivity index (χ3n) is 4.47. The van der Waals surface area contributed by atoms with Gasteiger partial charge in [0.15, 0.2) is 0 Å². The molecule has 1 aliphatic rings. The molecule has 0 radical (unpaired) electrons. The summed E-state index contributed by atoms with van der Waals surface area (Å²) in [7, 11) is 1.35. The number of amides is 1. The number of methoxy groups -OCH3 is 1. The second-order valence-corrected chi connectivity index (χ2v) is 6.13. The maximum Gasteiger partial charge on any atom is 0.337 e. The third-order valence-corrected chi connectivity index (χ3v) is 4.47. The number of nitrogens with zero attached hydrogens (tertiary/aromatic N) is 1. The van der Waals surface area contributed by atoms with Crippen LogP contribution in [0.3, 0.4) is 0 Å². The van der Waals surface area contributed by atoms with Crippen LogP contribution in [-0.2, 0) is 14.3 Å².